The van der Waals surface area contributed by atoms with Gasteiger partial charge in [0.15, 0.2) is 0 Å². The molecule has 0 fully saturated rings. The molecule has 20 heavy (non-hydrogen) atoms. The molecule has 4 nitrogen and oxygen atoms in total. The van der Waals surface area contributed by atoms with Crippen LogP contribution in [0.5, 0.6) is 11.5 Å². The smallest absolute Gasteiger partial charge is 0.115 e. The minimum absolute atomic E-state index is 0.226. The Labute approximate surface area is 118 Å². The second-order valence-corrected chi connectivity index (χ2v) is 4.54. The molecule has 0 radical (unpaired) electrons. The van der Waals surface area contributed by atoms with Gasteiger partial charge in [0, 0.05) is 0 Å². The highest BCUT2D eigenvalue weighted by Gasteiger charge is 1.98. The van der Waals surface area contributed by atoms with Crippen molar-refractivity contribution < 1.29 is 20.4 Å². The van der Waals surface area contributed by atoms with E-state index in [1.807, 2.05) is 0 Å². The summed E-state index contributed by atoms with van der Waals surface area (Å²) in [6, 6.07) is 13.0. The molecule has 0 saturated carbocycles. The molecule has 0 saturated heterocycles. The fourth-order valence-corrected chi connectivity index (χ4v) is 1.51. The van der Waals surface area contributed by atoms with Gasteiger partial charge in [-0.05, 0) is 49.2 Å². The molecule has 0 aromatic heterocycles. The standard InChI is InChI=1S/2C8H10O2/c2*1-6(9)7-2-4-8(10)5-3-7/h2*2-6,9-10H,1H3. The number of benzene rings is 2. The van der Waals surface area contributed by atoms with E-state index < -0.39 is 12.2 Å². The SMILES string of the molecule is CC(O)c1ccc(O)cc1.CC(O)c1ccc(O)cc1. The maximum Gasteiger partial charge on any atom is 0.115 e. The first-order valence-corrected chi connectivity index (χ1v) is 6.34. The first-order valence-electron chi connectivity index (χ1n) is 6.34. The van der Waals surface area contributed by atoms with E-state index in [1.54, 1.807) is 62.4 Å². The molecule has 0 bridgehead atoms. The molecule has 4 heteroatoms. The molecule has 0 aliphatic carbocycles. The van der Waals surface area contributed by atoms with Gasteiger partial charge in [-0.25, -0.2) is 0 Å². The van der Waals surface area contributed by atoms with Crippen LogP contribution in [0.25, 0.3) is 0 Å². The Kier molecular flexibility index (Phi) is 6.03. The van der Waals surface area contributed by atoms with E-state index in [-0.39, 0.29) is 11.5 Å². The average Bonchev–Trinajstić information content (AvgIpc) is 2.40. The molecule has 2 rings (SSSR count). The summed E-state index contributed by atoms with van der Waals surface area (Å²) in [5, 5.41) is 35.8. The number of phenolic OH excluding ortho intramolecular Hbond substituents is 2. The summed E-state index contributed by atoms with van der Waals surface area (Å²) in [5.74, 6) is 0.453. The van der Waals surface area contributed by atoms with Crippen LogP contribution in [0.4, 0.5) is 0 Å². The van der Waals surface area contributed by atoms with Crippen molar-refractivity contribution in [3.8, 4) is 11.5 Å². The first-order chi connectivity index (χ1) is 9.40. The highest BCUT2D eigenvalue weighted by atomic mass is 16.3. The second-order valence-electron chi connectivity index (χ2n) is 4.54. The second kappa shape index (κ2) is 7.53. The van der Waals surface area contributed by atoms with Crippen LogP contribution in [0.2, 0.25) is 0 Å². The fraction of sp³-hybridized carbons (Fsp3) is 0.250. The molecular weight excluding hydrogens is 256 g/mol. The summed E-state index contributed by atoms with van der Waals surface area (Å²) in [7, 11) is 0. The van der Waals surface area contributed by atoms with Crippen molar-refractivity contribution in [1.29, 1.82) is 0 Å². The highest BCUT2D eigenvalue weighted by molar-refractivity contribution is 5.27. The van der Waals surface area contributed by atoms with E-state index in [2.05, 4.69) is 0 Å². The van der Waals surface area contributed by atoms with Crippen molar-refractivity contribution in [2.75, 3.05) is 0 Å². The van der Waals surface area contributed by atoms with Crippen LogP contribution in [0, 0.1) is 0 Å². The van der Waals surface area contributed by atoms with Gasteiger partial charge in [-0.3, -0.25) is 0 Å². The Hall–Kier alpha value is -2.04. The number of aliphatic hydroxyl groups is 2. The minimum atomic E-state index is -0.458. The van der Waals surface area contributed by atoms with Gasteiger partial charge in [0.1, 0.15) is 11.5 Å². The molecule has 0 spiro atoms. The molecule has 108 valence electrons. The number of hydrogen-bond acceptors (Lipinski definition) is 4. The van der Waals surface area contributed by atoms with Crippen molar-refractivity contribution in [2.45, 2.75) is 26.1 Å². The van der Waals surface area contributed by atoms with E-state index in [9.17, 15) is 0 Å². The van der Waals surface area contributed by atoms with E-state index in [4.69, 9.17) is 20.4 Å². The van der Waals surface area contributed by atoms with E-state index >= 15 is 0 Å². The lowest BCUT2D eigenvalue weighted by atomic mass is 10.1. The summed E-state index contributed by atoms with van der Waals surface area (Å²) >= 11 is 0. The lowest BCUT2D eigenvalue weighted by Gasteiger charge is -2.02. The summed E-state index contributed by atoms with van der Waals surface area (Å²) in [5.41, 5.74) is 1.63. The third-order valence-corrected chi connectivity index (χ3v) is 2.75. The highest BCUT2D eigenvalue weighted by Crippen LogP contribution is 2.16. The molecular formula is C16H20O4. The zero-order chi connectivity index (χ0) is 15.1. The third-order valence-electron chi connectivity index (χ3n) is 2.75. The van der Waals surface area contributed by atoms with Crippen LogP contribution in [0.15, 0.2) is 48.5 Å². The van der Waals surface area contributed by atoms with Crippen LogP contribution in [-0.2, 0) is 0 Å². The number of aromatic hydroxyl groups is 2. The Bertz CT molecular complexity index is 452. The Morgan fingerprint density at radius 1 is 0.600 bits per heavy atom. The van der Waals surface area contributed by atoms with Gasteiger partial charge in [-0.2, -0.15) is 0 Å². The van der Waals surface area contributed by atoms with Crippen molar-refractivity contribution in [3.63, 3.8) is 0 Å². The topological polar surface area (TPSA) is 80.9 Å². The van der Waals surface area contributed by atoms with Crippen LogP contribution < -0.4 is 0 Å². The molecule has 0 aliphatic rings. The van der Waals surface area contributed by atoms with Crippen molar-refractivity contribution in [2.24, 2.45) is 0 Å². The largest absolute Gasteiger partial charge is 0.508 e. The number of phenols is 2. The molecule has 2 atom stereocenters. The first kappa shape index (κ1) is 16.0. The number of rotatable bonds is 2. The van der Waals surface area contributed by atoms with Crippen LogP contribution in [-0.4, -0.2) is 20.4 Å². The molecule has 2 unspecified atom stereocenters. The zero-order valence-corrected chi connectivity index (χ0v) is 11.6. The van der Waals surface area contributed by atoms with Gasteiger partial charge in [-0.1, -0.05) is 24.3 Å². The van der Waals surface area contributed by atoms with Crippen molar-refractivity contribution in [3.05, 3.63) is 59.7 Å². The molecule has 2 aromatic rings. The Balaban J connectivity index is 0.000000200. The Morgan fingerprint density at radius 2 is 0.850 bits per heavy atom. The summed E-state index contributed by atoms with van der Waals surface area (Å²) in [6.45, 7) is 3.37. The van der Waals surface area contributed by atoms with Gasteiger partial charge in [0.05, 0.1) is 12.2 Å². The Morgan fingerprint density at radius 3 is 1.05 bits per heavy atom. The fourth-order valence-electron chi connectivity index (χ4n) is 1.51. The predicted molar refractivity (Wildman–Crippen MR) is 77.5 cm³/mol. The third kappa shape index (κ3) is 5.30. The molecule has 2 aromatic carbocycles. The van der Waals surface area contributed by atoms with Gasteiger partial charge in [0.25, 0.3) is 0 Å². The van der Waals surface area contributed by atoms with Gasteiger partial charge >= 0.3 is 0 Å². The number of aliphatic hydroxyl groups excluding tert-OH is 2. The molecule has 0 aliphatic heterocycles. The average molecular weight is 276 g/mol. The summed E-state index contributed by atoms with van der Waals surface area (Å²) < 4.78 is 0. The normalized spacial score (nSPS) is 13.0. The predicted octanol–water partition coefficient (Wildman–Crippen LogP) is 2.89. The lowest BCUT2D eigenvalue weighted by Crippen LogP contribution is -1.88. The maximum absolute atomic E-state index is 9.03. The van der Waals surface area contributed by atoms with Gasteiger partial charge in [-0.15, -0.1) is 0 Å². The minimum Gasteiger partial charge on any atom is -0.508 e. The maximum atomic E-state index is 9.03. The lowest BCUT2D eigenvalue weighted by molar-refractivity contribution is 0.199. The van der Waals surface area contributed by atoms with Gasteiger partial charge in [0.2, 0.25) is 0 Å². The zero-order valence-electron chi connectivity index (χ0n) is 11.6. The molecule has 0 amide bonds. The van der Waals surface area contributed by atoms with Crippen molar-refractivity contribution in [1.82, 2.24) is 0 Å². The van der Waals surface area contributed by atoms with Crippen LogP contribution in [0.1, 0.15) is 37.2 Å². The van der Waals surface area contributed by atoms with Crippen LogP contribution in [0.3, 0.4) is 0 Å². The quantitative estimate of drug-likeness (QED) is 0.680. The monoisotopic (exact) mass is 276 g/mol. The molecule has 0 heterocycles. The summed E-state index contributed by atoms with van der Waals surface area (Å²) in [4.78, 5) is 0. The summed E-state index contributed by atoms with van der Waals surface area (Å²) in [6.07, 6.45) is -0.916. The van der Waals surface area contributed by atoms with E-state index in [1.165, 1.54) is 0 Å². The van der Waals surface area contributed by atoms with E-state index in [0.29, 0.717) is 0 Å². The van der Waals surface area contributed by atoms with E-state index in [0.717, 1.165) is 11.1 Å². The van der Waals surface area contributed by atoms with Crippen molar-refractivity contribution >= 4 is 0 Å². The van der Waals surface area contributed by atoms with Gasteiger partial charge < -0.3 is 20.4 Å². The van der Waals surface area contributed by atoms with Crippen LogP contribution >= 0.6 is 0 Å². The molecule has 4 N–H and O–H groups in total. The number of hydrogen-bond donors (Lipinski definition) is 4.